The minimum absolute atomic E-state index is 0.410. The minimum atomic E-state index is -1.31. The summed E-state index contributed by atoms with van der Waals surface area (Å²) in [6.07, 6.45) is 3.13. The first-order valence-electron chi connectivity index (χ1n) is 7.26. The Kier molecular flexibility index (Phi) is 3.92. The predicted molar refractivity (Wildman–Crippen MR) is 80.9 cm³/mol. The topological polar surface area (TPSA) is 63.6 Å². The molecule has 2 aromatic carbocycles. The van der Waals surface area contributed by atoms with Crippen LogP contribution in [0.25, 0.3) is 0 Å². The Labute approximate surface area is 128 Å². The maximum absolute atomic E-state index is 12.3. The van der Waals surface area contributed by atoms with Crippen molar-refractivity contribution in [3.63, 3.8) is 0 Å². The summed E-state index contributed by atoms with van der Waals surface area (Å²) in [5.74, 6) is -2.88. The first-order valence-corrected chi connectivity index (χ1v) is 7.26. The van der Waals surface area contributed by atoms with E-state index < -0.39 is 17.9 Å². The largest absolute Gasteiger partial charge is 0.480 e. The van der Waals surface area contributed by atoms with E-state index in [1.807, 2.05) is 12.1 Å². The molecule has 0 bridgehead atoms. The quantitative estimate of drug-likeness (QED) is 0.535. The number of fused-ring (bicyclic) bond motifs is 1. The Morgan fingerprint density at radius 1 is 1.00 bits per heavy atom. The Balaban J connectivity index is 1.81. The molecule has 0 fully saturated rings. The van der Waals surface area contributed by atoms with Gasteiger partial charge < -0.3 is 9.84 Å². The molecule has 22 heavy (non-hydrogen) atoms. The number of ether oxygens (including phenoxy) is 1. The lowest BCUT2D eigenvalue weighted by Gasteiger charge is -2.13. The molecular weight excluding hydrogens is 280 g/mol. The maximum Gasteiger partial charge on any atom is 0.330 e. The number of carbonyl (C=O) groups excluding carboxylic acids is 1. The Morgan fingerprint density at radius 2 is 1.73 bits per heavy atom. The molecule has 0 saturated heterocycles. The number of carboxylic acids is 1. The van der Waals surface area contributed by atoms with Crippen molar-refractivity contribution < 1.29 is 19.4 Å². The van der Waals surface area contributed by atoms with Gasteiger partial charge >= 0.3 is 11.9 Å². The monoisotopic (exact) mass is 296 g/mol. The predicted octanol–water partition coefficient (Wildman–Crippen LogP) is 2.95. The summed E-state index contributed by atoms with van der Waals surface area (Å²) in [6.45, 7) is 0. The van der Waals surface area contributed by atoms with E-state index in [-0.39, 0.29) is 0 Å². The lowest BCUT2D eigenvalue weighted by molar-refractivity contribution is -0.148. The van der Waals surface area contributed by atoms with Gasteiger partial charge in [-0.3, -0.25) is 9.59 Å². The van der Waals surface area contributed by atoms with E-state index in [4.69, 9.17) is 4.74 Å². The molecule has 0 amide bonds. The summed E-state index contributed by atoms with van der Waals surface area (Å²) < 4.78 is 5.30. The number of aryl methyl sites for hydroxylation is 2. The Bertz CT molecular complexity index is 706. The van der Waals surface area contributed by atoms with Crippen LogP contribution in [0.5, 0.6) is 5.75 Å². The van der Waals surface area contributed by atoms with Crippen LogP contribution in [0.3, 0.4) is 0 Å². The normalized spacial score (nSPS) is 14.2. The second-order valence-electron chi connectivity index (χ2n) is 5.39. The highest BCUT2D eigenvalue weighted by atomic mass is 16.5. The van der Waals surface area contributed by atoms with E-state index in [1.54, 1.807) is 36.4 Å². The molecule has 0 unspecified atom stereocenters. The summed E-state index contributed by atoms with van der Waals surface area (Å²) in [4.78, 5) is 23.7. The molecular formula is C18H16O4. The van der Waals surface area contributed by atoms with Gasteiger partial charge in [-0.05, 0) is 48.1 Å². The SMILES string of the molecule is O=C(O)[C@H](C(=O)Oc1ccc2c(c1)CCC2)c1ccccc1. The average molecular weight is 296 g/mol. The molecule has 2 aromatic rings. The van der Waals surface area contributed by atoms with Crippen LogP contribution in [0.4, 0.5) is 0 Å². The van der Waals surface area contributed by atoms with Crippen LogP contribution in [0.1, 0.15) is 29.0 Å². The summed E-state index contributed by atoms with van der Waals surface area (Å²) in [6, 6.07) is 13.9. The molecule has 0 aliphatic heterocycles. The molecule has 112 valence electrons. The number of rotatable bonds is 4. The van der Waals surface area contributed by atoms with E-state index in [9.17, 15) is 14.7 Å². The zero-order valence-corrected chi connectivity index (χ0v) is 12.0. The highest BCUT2D eigenvalue weighted by Gasteiger charge is 2.30. The van der Waals surface area contributed by atoms with Gasteiger partial charge in [-0.25, -0.2) is 0 Å². The smallest absolute Gasteiger partial charge is 0.330 e. The number of carboxylic acid groups (broad SMARTS) is 1. The van der Waals surface area contributed by atoms with Gasteiger partial charge in [0.1, 0.15) is 5.75 Å². The van der Waals surface area contributed by atoms with Crippen LogP contribution in [0, 0.1) is 0 Å². The van der Waals surface area contributed by atoms with Gasteiger partial charge in [-0.2, -0.15) is 0 Å². The van der Waals surface area contributed by atoms with Crippen molar-refractivity contribution in [1.82, 2.24) is 0 Å². The molecule has 0 radical (unpaired) electrons. The average Bonchev–Trinajstić information content (AvgIpc) is 2.95. The van der Waals surface area contributed by atoms with Gasteiger partial charge in [0, 0.05) is 0 Å². The van der Waals surface area contributed by atoms with Gasteiger partial charge in [0.2, 0.25) is 0 Å². The van der Waals surface area contributed by atoms with E-state index >= 15 is 0 Å². The lowest BCUT2D eigenvalue weighted by Crippen LogP contribution is -2.26. The number of aliphatic carboxylic acids is 1. The number of hydrogen-bond donors (Lipinski definition) is 1. The molecule has 1 N–H and O–H groups in total. The van der Waals surface area contributed by atoms with Crippen molar-refractivity contribution in [2.24, 2.45) is 0 Å². The van der Waals surface area contributed by atoms with Crippen LogP contribution in [0.15, 0.2) is 48.5 Å². The molecule has 4 heteroatoms. The summed E-state index contributed by atoms with van der Waals surface area (Å²) in [5.41, 5.74) is 2.87. The third-order valence-corrected chi connectivity index (χ3v) is 3.90. The number of carbonyl (C=O) groups is 2. The van der Waals surface area contributed by atoms with Crippen molar-refractivity contribution in [3.05, 3.63) is 65.2 Å². The molecule has 0 spiro atoms. The second kappa shape index (κ2) is 6.02. The number of benzene rings is 2. The van der Waals surface area contributed by atoms with E-state index in [1.165, 1.54) is 11.1 Å². The van der Waals surface area contributed by atoms with E-state index in [0.29, 0.717) is 11.3 Å². The summed E-state index contributed by atoms with van der Waals surface area (Å²) in [5, 5.41) is 9.33. The summed E-state index contributed by atoms with van der Waals surface area (Å²) >= 11 is 0. The van der Waals surface area contributed by atoms with Crippen molar-refractivity contribution in [1.29, 1.82) is 0 Å². The fourth-order valence-corrected chi connectivity index (χ4v) is 2.81. The third kappa shape index (κ3) is 2.86. The van der Waals surface area contributed by atoms with Crippen LogP contribution < -0.4 is 4.74 Å². The zero-order chi connectivity index (χ0) is 15.5. The molecule has 1 atom stereocenters. The molecule has 3 rings (SSSR count). The fraction of sp³-hybridized carbons (Fsp3) is 0.222. The molecule has 0 aromatic heterocycles. The van der Waals surface area contributed by atoms with Gasteiger partial charge in [0.05, 0.1) is 0 Å². The third-order valence-electron chi connectivity index (χ3n) is 3.90. The second-order valence-corrected chi connectivity index (χ2v) is 5.39. The fourth-order valence-electron chi connectivity index (χ4n) is 2.81. The van der Waals surface area contributed by atoms with E-state index in [2.05, 4.69) is 0 Å². The van der Waals surface area contributed by atoms with Gasteiger partial charge in [0.25, 0.3) is 0 Å². The van der Waals surface area contributed by atoms with Crippen LogP contribution in [-0.4, -0.2) is 17.0 Å². The number of hydrogen-bond acceptors (Lipinski definition) is 3. The highest BCUT2D eigenvalue weighted by molar-refractivity contribution is 6.00. The first kappa shape index (κ1) is 14.3. The molecule has 1 aliphatic carbocycles. The van der Waals surface area contributed by atoms with Gasteiger partial charge in [-0.15, -0.1) is 0 Å². The Morgan fingerprint density at radius 3 is 2.45 bits per heavy atom. The van der Waals surface area contributed by atoms with Crippen molar-refractivity contribution in [3.8, 4) is 5.75 Å². The van der Waals surface area contributed by atoms with Crippen LogP contribution >= 0.6 is 0 Å². The van der Waals surface area contributed by atoms with Crippen LogP contribution in [-0.2, 0) is 22.4 Å². The Hall–Kier alpha value is -2.62. The molecule has 0 heterocycles. The van der Waals surface area contributed by atoms with Crippen molar-refractivity contribution in [2.45, 2.75) is 25.2 Å². The standard InChI is InChI=1S/C18H16O4/c19-17(20)16(13-5-2-1-3-6-13)18(21)22-15-10-9-12-7-4-8-14(12)11-15/h1-3,5-6,9-11,16H,4,7-8H2,(H,19,20)/t16-/m1/s1. The maximum atomic E-state index is 12.3. The van der Waals surface area contributed by atoms with Crippen molar-refractivity contribution >= 4 is 11.9 Å². The number of esters is 1. The zero-order valence-electron chi connectivity index (χ0n) is 12.0. The first-order chi connectivity index (χ1) is 10.6. The highest BCUT2D eigenvalue weighted by Crippen LogP contribution is 2.27. The summed E-state index contributed by atoms with van der Waals surface area (Å²) in [7, 11) is 0. The van der Waals surface area contributed by atoms with E-state index in [0.717, 1.165) is 19.3 Å². The van der Waals surface area contributed by atoms with Crippen LogP contribution in [0.2, 0.25) is 0 Å². The lowest BCUT2D eigenvalue weighted by atomic mass is 9.99. The van der Waals surface area contributed by atoms with Gasteiger partial charge in [-0.1, -0.05) is 36.4 Å². The minimum Gasteiger partial charge on any atom is -0.480 e. The molecule has 4 nitrogen and oxygen atoms in total. The molecule has 0 saturated carbocycles. The van der Waals surface area contributed by atoms with Gasteiger partial charge in [0.15, 0.2) is 5.92 Å². The van der Waals surface area contributed by atoms with Crippen molar-refractivity contribution in [2.75, 3.05) is 0 Å². The molecule has 1 aliphatic rings.